The van der Waals surface area contributed by atoms with Crippen molar-refractivity contribution in [3.05, 3.63) is 214 Å². The van der Waals surface area contributed by atoms with Gasteiger partial charge < -0.3 is 32.7 Å². The maximum absolute atomic E-state index is 13.0. The number of carbonyl (C=O) groups is 5. The molecule has 0 bridgehead atoms. The van der Waals surface area contributed by atoms with Gasteiger partial charge in [-0.1, -0.05) is 194 Å². The number of aryl methyl sites for hydroxylation is 2. The molecule has 0 fully saturated rings. The highest BCUT2D eigenvalue weighted by Gasteiger charge is 2.25. The third-order valence-corrected chi connectivity index (χ3v) is 10.8. The molecule has 9 N–H and O–H groups in total. The van der Waals surface area contributed by atoms with E-state index in [1.54, 1.807) is 30.3 Å². The molecule has 6 rings (SSSR count). The Morgan fingerprint density at radius 1 is 0.544 bits per heavy atom. The molecule has 13 nitrogen and oxygen atoms in total. The number of hydrazone groups is 1. The lowest BCUT2D eigenvalue weighted by molar-refractivity contribution is -0.127. The molecule has 0 aromatic heterocycles. The summed E-state index contributed by atoms with van der Waals surface area (Å²) in [7, 11) is 0. The number of amides is 5. The Morgan fingerprint density at radius 2 is 0.956 bits per heavy atom. The Labute approximate surface area is 402 Å². The van der Waals surface area contributed by atoms with E-state index in [9.17, 15) is 24.0 Å². The Balaban J connectivity index is 0.000000321. The van der Waals surface area contributed by atoms with Crippen LogP contribution in [-0.4, -0.2) is 47.8 Å². The van der Waals surface area contributed by atoms with E-state index in [1.165, 1.54) is 18.1 Å². The summed E-state index contributed by atoms with van der Waals surface area (Å²) in [4.78, 5) is 63.4. The number of rotatable bonds is 18. The number of nitrogens with zero attached hydrogens (tertiary/aromatic N) is 1. The molecule has 0 saturated heterocycles. The van der Waals surface area contributed by atoms with Gasteiger partial charge in [-0.15, -0.1) is 0 Å². The fourth-order valence-electron chi connectivity index (χ4n) is 7.12. The Bertz CT molecular complexity index is 2460. The topological polar surface area (TPSA) is 210 Å². The van der Waals surface area contributed by atoms with Gasteiger partial charge in [0.05, 0.1) is 24.7 Å². The molecule has 5 amide bonds. The number of Topliss-reactive ketones (excluding diaryl/α,β-unsaturated/α-hetero) is 1. The van der Waals surface area contributed by atoms with Gasteiger partial charge in [0.25, 0.3) is 5.91 Å². The minimum absolute atomic E-state index is 0. The summed E-state index contributed by atoms with van der Waals surface area (Å²) in [5.41, 5.74) is 22.2. The first-order valence-electron chi connectivity index (χ1n) is 22.2. The van der Waals surface area contributed by atoms with Crippen LogP contribution in [-0.2, 0) is 19.2 Å². The zero-order valence-electron chi connectivity index (χ0n) is 39.0. The van der Waals surface area contributed by atoms with Crippen LogP contribution in [0.4, 0.5) is 4.79 Å². The van der Waals surface area contributed by atoms with Crippen molar-refractivity contribution in [3.8, 4) is 0 Å². The predicted octanol–water partition coefficient (Wildman–Crippen LogP) is 7.39. The van der Waals surface area contributed by atoms with Crippen LogP contribution in [0.15, 0.2) is 175 Å². The van der Waals surface area contributed by atoms with Crippen LogP contribution in [0.1, 0.15) is 95.4 Å². The second kappa shape index (κ2) is 27.4. The maximum atomic E-state index is 13.0. The van der Waals surface area contributed by atoms with Crippen molar-refractivity contribution < 1.29 is 24.0 Å². The molecule has 0 aliphatic rings. The van der Waals surface area contributed by atoms with Crippen molar-refractivity contribution in [2.75, 3.05) is 6.54 Å². The van der Waals surface area contributed by atoms with E-state index in [1.807, 2.05) is 122 Å². The summed E-state index contributed by atoms with van der Waals surface area (Å²) < 4.78 is 0. The van der Waals surface area contributed by atoms with E-state index in [4.69, 9.17) is 11.5 Å². The van der Waals surface area contributed by atoms with Gasteiger partial charge in [0.2, 0.25) is 11.8 Å². The molecule has 0 spiro atoms. The second-order valence-electron chi connectivity index (χ2n) is 16.1. The second-order valence-corrected chi connectivity index (χ2v) is 16.1. The number of nitrogens with two attached hydrogens (primary N) is 2. The number of urea groups is 1. The Hall–Kier alpha value is -7.31. The summed E-state index contributed by atoms with van der Waals surface area (Å²) >= 11 is 0. The monoisotopic (exact) mass is 934 g/mol. The smallest absolute Gasteiger partial charge is 0.335 e. The quantitative estimate of drug-likeness (QED) is 0.0264. The van der Waals surface area contributed by atoms with Gasteiger partial charge >= 0.3 is 6.03 Å². The van der Waals surface area contributed by atoms with Gasteiger partial charge in [0.1, 0.15) is 17.8 Å². The normalized spacial score (nSPS) is 12.2. The molecule has 0 aliphatic carbocycles. The molecule has 14 heteroatoms. The van der Waals surface area contributed by atoms with Crippen molar-refractivity contribution in [2.24, 2.45) is 16.6 Å². The average molecular weight is 935 g/mol. The van der Waals surface area contributed by atoms with Crippen LogP contribution in [0, 0.1) is 13.8 Å². The lowest BCUT2D eigenvalue weighted by Crippen LogP contribution is -2.48. The SMILES string of the molecule is CCC[C@H](N)C(=NNC(=O)NC(c1ccccc1)c1ccccc1)C(=O)NCC(=O)N[C@H](C(C)=O)c1ccccc1.Cc1ccc(C(NC(=O)[C@@H](N)c2ccccc2)c2ccc(C)cc2)cc1.P. The highest BCUT2D eigenvalue weighted by Crippen LogP contribution is 2.25. The standard InChI is InChI=1S/C31H36N6O4.C23H24N2O.H3P/c1-3-13-25(32)29(30(40)33-20-26(39)34-27(21(2)38)22-14-7-4-8-15-22)36-37-31(41)35-28(23-16-9-5-10-17-23)24-18-11-6-12-19-24;1-16-8-12-19(13-9-16)22(20-14-10-17(2)11-15-20)25-23(26)21(24)18-6-4-3-5-7-18;/h4-12,14-19,25,27-28H,3,13,20,32H2,1-2H3,(H,33,40)(H,34,39)(H2,35,37,41);3-15,21-22H,24H2,1-2H3,(H,25,26);1H3/t25-,27+;21-;/m00./s1. The fraction of sp³-hybridized carbons (Fsp3) is 0.222. The third-order valence-electron chi connectivity index (χ3n) is 10.8. The van der Waals surface area contributed by atoms with Crippen molar-refractivity contribution in [1.82, 2.24) is 26.7 Å². The number of benzene rings is 6. The Kier molecular flexibility index (Phi) is 21.4. The number of hydrogen-bond acceptors (Lipinski definition) is 8. The van der Waals surface area contributed by atoms with Crippen LogP contribution in [0.5, 0.6) is 0 Å². The van der Waals surface area contributed by atoms with Crippen LogP contribution in [0.3, 0.4) is 0 Å². The highest BCUT2D eigenvalue weighted by atomic mass is 31.0. The van der Waals surface area contributed by atoms with Crippen molar-refractivity contribution >= 4 is 45.1 Å². The highest BCUT2D eigenvalue weighted by molar-refractivity contribution is 6.92. The van der Waals surface area contributed by atoms with Crippen LogP contribution in [0.2, 0.25) is 0 Å². The van der Waals surface area contributed by atoms with Gasteiger partial charge in [-0.3, -0.25) is 19.2 Å². The summed E-state index contributed by atoms with van der Waals surface area (Å²) in [6.07, 6.45) is 1.10. The molecule has 0 radical (unpaired) electrons. The summed E-state index contributed by atoms with van der Waals surface area (Å²) in [5, 5.41) is 15.2. The molecule has 6 aromatic rings. The summed E-state index contributed by atoms with van der Waals surface area (Å²) in [6.45, 7) is 6.97. The predicted molar refractivity (Wildman–Crippen MR) is 275 cm³/mol. The number of carbonyl (C=O) groups excluding carboxylic acids is 5. The van der Waals surface area contributed by atoms with Crippen LogP contribution in [0.25, 0.3) is 0 Å². The fourth-order valence-corrected chi connectivity index (χ4v) is 7.12. The van der Waals surface area contributed by atoms with Gasteiger partial charge in [-0.05, 0) is 60.6 Å². The molecule has 68 heavy (non-hydrogen) atoms. The van der Waals surface area contributed by atoms with Crippen molar-refractivity contribution in [1.29, 1.82) is 0 Å². The van der Waals surface area contributed by atoms with E-state index in [0.29, 0.717) is 18.4 Å². The lowest BCUT2D eigenvalue weighted by atomic mass is 9.96. The number of hydrogen-bond donors (Lipinski definition) is 7. The maximum Gasteiger partial charge on any atom is 0.335 e. The number of nitrogens with one attached hydrogen (secondary N) is 5. The van der Waals surface area contributed by atoms with E-state index >= 15 is 0 Å². The first-order valence-corrected chi connectivity index (χ1v) is 22.2. The minimum atomic E-state index is -0.844. The average Bonchev–Trinajstić information content (AvgIpc) is 3.35. The van der Waals surface area contributed by atoms with E-state index in [2.05, 4.69) is 69.9 Å². The lowest BCUT2D eigenvalue weighted by Gasteiger charge is -2.22. The first kappa shape index (κ1) is 53.3. The molecule has 4 atom stereocenters. The summed E-state index contributed by atoms with van der Waals surface area (Å²) in [5.74, 6) is -1.71. The minimum Gasteiger partial charge on any atom is -0.344 e. The first-order chi connectivity index (χ1) is 32.3. The Morgan fingerprint density at radius 3 is 1.40 bits per heavy atom. The molecule has 0 heterocycles. The zero-order chi connectivity index (χ0) is 48.1. The van der Waals surface area contributed by atoms with Crippen LogP contribution >= 0.6 is 9.90 Å². The molecule has 354 valence electrons. The largest absolute Gasteiger partial charge is 0.344 e. The molecule has 0 aliphatic heterocycles. The molecule has 1 unspecified atom stereocenters. The van der Waals surface area contributed by atoms with Gasteiger partial charge in [-0.25, -0.2) is 10.2 Å². The molecular formula is C54H63N8O5P. The van der Waals surface area contributed by atoms with Crippen LogP contribution < -0.4 is 38.2 Å². The van der Waals surface area contributed by atoms with Crippen molar-refractivity contribution in [3.63, 3.8) is 0 Å². The van der Waals surface area contributed by atoms with E-state index in [-0.39, 0.29) is 33.3 Å². The van der Waals surface area contributed by atoms with Crippen molar-refractivity contribution in [2.45, 2.75) is 70.7 Å². The zero-order valence-corrected chi connectivity index (χ0v) is 40.4. The summed E-state index contributed by atoms with van der Waals surface area (Å²) in [6, 6.07) is 49.9. The molecule has 0 saturated carbocycles. The van der Waals surface area contributed by atoms with Gasteiger partial charge in [0.15, 0.2) is 5.78 Å². The van der Waals surface area contributed by atoms with E-state index < -0.39 is 48.6 Å². The van der Waals surface area contributed by atoms with Gasteiger partial charge in [0, 0.05) is 0 Å². The number of ketones is 1. The van der Waals surface area contributed by atoms with Gasteiger partial charge in [-0.2, -0.15) is 15.0 Å². The van der Waals surface area contributed by atoms with E-state index in [0.717, 1.165) is 27.8 Å². The molecule has 6 aromatic carbocycles. The third kappa shape index (κ3) is 16.2. The molecular weight excluding hydrogens is 872 g/mol.